The lowest BCUT2D eigenvalue weighted by molar-refractivity contribution is 0.0978. The van der Waals surface area contributed by atoms with Gasteiger partial charge in [-0.2, -0.15) is 0 Å². The number of nitrogens with two attached hydrogens (primary N) is 1. The molecule has 0 aromatic heterocycles. The van der Waals surface area contributed by atoms with Gasteiger partial charge in [0.25, 0.3) is 0 Å². The summed E-state index contributed by atoms with van der Waals surface area (Å²) in [5.41, 5.74) is 6.37. The van der Waals surface area contributed by atoms with E-state index in [-0.39, 0.29) is 11.8 Å². The SMILES string of the molecule is CCOc1cccc(C(=O)CCCC(C)N)c1. The van der Waals surface area contributed by atoms with Crippen LogP contribution in [0, 0.1) is 0 Å². The van der Waals surface area contributed by atoms with Crippen LogP contribution in [0.4, 0.5) is 0 Å². The van der Waals surface area contributed by atoms with Crippen LogP contribution >= 0.6 is 0 Å². The number of hydrogen-bond acceptors (Lipinski definition) is 3. The first-order chi connectivity index (χ1) is 8.13. The summed E-state index contributed by atoms with van der Waals surface area (Å²) < 4.78 is 5.37. The molecule has 0 amide bonds. The van der Waals surface area contributed by atoms with Gasteiger partial charge in [-0.25, -0.2) is 0 Å². The zero-order chi connectivity index (χ0) is 12.7. The molecule has 0 aliphatic heterocycles. The average Bonchev–Trinajstić information content (AvgIpc) is 2.29. The van der Waals surface area contributed by atoms with Crippen molar-refractivity contribution in [3.05, 3.63) is 29.8 Å². The Morgan fingerprint density at radius 1 is 1.47 bits per heavy atom. The first kappa shape index (κ1) is 13.7. The van der Waals surface area contributed by atoms with Crippen molar-refractivity contribution in [3.63, 3.8) is 0 Å². The zero-order valence-electron chi connectivity index (χ0n) is 10.6. The van der Waals surface area contributed by atoms with Crippen LogP contribution in [0.5, 0.6) is 5.75 Å². The second-order valence-electron chi connectivity index (χ2n) is 4.25. The largest absolute Gasteiger partial charge is 0.494 e. The molecule has 3 nitrogen and oxygen atoms in total. The van der Waals surface area contributed by atoms with Gasteiger partial charge in [-0.15, -0.1) is 0 Å². The molecule has 17 heavy (non-hydrogen) atoms. The van der Waals surface area contributed by atoms with Crippen LogP contribution in [0.2, 0.25) is 0 Å². The van der Waals surface area contributed by atoms with Crippen LogP contribution < -0.4 is 10.5 Å². The molecule has 94 valence electrons. The van der Waals surface area contributed by atoms with Crippen LogP contribution in [0.15, 0.2) is 24.3 Å². The molecule has 1 aromatic carbocycles. The molecule has 0 fully saturated rings. The third kappa shape index (κ3) is 5.00. The summed E-state index contributed by atoms with van der Waals surface area (Å²) in [7, 11) is 0. The minimum Gasteiger partial charge on any atom is -0.494 e. The predicted molar refractivity (Wildman–Crippen MR) is 69.4 cm³/mol. The van der Waals surface area contributed by atoms with Crippen molar-refractivity contribution in [3.8, 4) is 5.75 Å². The molecule has 3 heteroatoms. The molecule has 1 unspecified atom stereocenters. The molecule has 0 bridgehead atoms. The van der Waals surface area contributed by atoms with E-state index < -0.39 is 0 Å². The first-order valence-electron chi connectivity index (χ1n) is 6.15. The smallest absolute Gasteiger partial charge is 0.163 e. The monoisotopic (exact) mass is 235 g/mol. The predicted octanol–water partition coefficient (Wildman–Crippen LogP) is 2.79. The van der Waals surface area contributed by atoms with Crippen molar-refractivity contribution in [2.45, 2.75) is 39.2 Å². The van der Waals surface area contributed by atoms with Gasteiger partial charge in [-0.05, 0) is 38.8 Å². The van der Waals surface area contributed by atoms with Crippen LogP contribution in [0.3, 0.4) is 0 Å². The van der Waals surface area contributed by atoms with Crippen molar-refractivity contribution in [2.24, 2.45) is 5.73 Å². The Morgan fingerprint density at radius 3 is 2.88 bits per heavy atom. The molecule has 0 spiro atoms. The van der Waals surface area contributed by atoms with E-state index in [1.54, 1.807) is 6.07 Å². The lowest BCUT2D eigenvalue weighted by Gasteiger charge is -2.06. The van der Waals surface area contributed by atoms with E-state index in [1.165, 1.54) is 0 Å². The van der Waals surface area contributed by atoms with E-state index in [0.29, 0.717) is 13.0 Å². The highest BCUT2D eigenvalue weighted by Crippen LogP contribution is 2.15. The summed E-state index contributed by atoms with van der Waals surface area (Å²) in [5, 5.41) is 0. The number of hydrogen-bond donors (Lipinski definition) is 1. The highest BCUT2D eigenvalue weighted by molar-refractivity contribution is 5.96. The number of carbonyl (C=O) groups is 1. The number of Topliss-reactive ketones (excluding diaryl/α,β-unsaturated/α-hetero) is 1. The van der Waals surface area contributed by atoms with Crippen molar-refractivity contribution in [2.75, 3.05) is 6.61 Å². The highest BCUT2D eigenvalue weighted by Gasteiger charge is 2.07. The number of ether oxygens (including phenoxy) is 1. The number of carbonyl (C=O) groups excluding carboxylic acids is 1. The summed E-state index contributed by atoms with van der Waals surface area (Å²) in [4.78, 5) is 11.9. The number of ketones is 1. The minimum absolute atomic E-state index is 0.159. The van der Waals surface area contributed by atoms with E-state index in [0.717, 1.165) is 24.2 Å². The van der Waals surface area contributed by atoms with E-state index in [4.69, 9.17) is 10.5 Å². The normalized spacial score (nSPS) is 12.2. The molecule has 0 radical (unpaired) electrons. The molecule has 1 atom stereocenters. The van der Waals surface area contributed by atoms with Crippen molar-refractivity contribution >= 4 is 5.78 Å². The van der Waals surface area contributed by atoms with Crippen LogP contribution in [0.25, 0.3) is 0 Å². The molecule has 0 aliphatic carbocycles. The van der Waals surface area contributed by atoms with Gasteiger partial charge in [0.1, 0.15) is 5.75 Å². The fourth-order valence-electron chi connectivity index (χ4n) is 1.65. The summed E-state index contributed by atoms with van der Waals surface area (Å²) in [6.07, 6.45) is 2.28. The third-order valence-corrected chi connectivity index (χ3v) is 2.53. The fraction of sp³-hybridized carbons (Fsp3) is 0.500. The summed E-state index contributed by atoms with van der Waals surface area (Å²) in [6.45, 7) is 4.50. The Balaban J connectivity index is 2.53. The van der Waals surface area contributed by atoms with Gasteiger partial charge in [0, 0.05) is 18.0 Å². The molecular weight excluding hydrogens is 214 g/mol. The Morgan fingerprint density at radius 2 is 2.24 bits per heavy atom. The van der Waals surface area contributed by atoms with Crippen molar-refractivity contribution in [1.82, 2.24) is 0 Å². The Bertz CT molecular complexity index is 361. The number of rotatable bonds is 7. The molecule has 1 aromatic rings. The molecule has 0 saturated heterocycles. The van der Waals surface area contributed by atoms with Gasteiger partial charge >= 0.3 is 0 Å². The summed E-state index contributed by atoms with van der Waals surface area (Å²) in [6, 6.07) is 7.51. The zero-order valence-corrected chi connectivity index (χ0v) is 10.6. The van der Waals surface area contributed by atoms with Crippen LogP contribution in [-0.2, 0) is 0 Å². The van der Waals surface area contributed by atoms with Crippen molar-refractivity contribution in [1.29, 1.82) is 0 Å². The van der Waals surface area contributed by atoms with Gasteiger partial charge in [-0.3, -0.25) is 4.79 Å². The molecule has 2 N–H and O–H groups in total. The van der Waals surface area contributed by atoms with Gasteiger partial charge in [0.15, 0.2) is 5.78 Å². The quantitative estimate of drug-likeness (QED) is 0.739. The van der Waals surface area contributed by atoms with E-state index >= 15 is 0 Å². The standard InChI is InChI=1S/C14H21NO2/c1-3-17-13-8-5-7-12(10-13)14(16)9-4-6-11(2)15/h5,7-8,10-11H,3-4,6,9,15H2,1-2H3. The van der Waals surface area contributed by atoms with Gasteiger partial charge in [-0.1, -0.05) is 12.1 Å². The average molecular weight is 235 g/mol. The molecule has 0 saturated carbocycles. The number of benzene rings is 1. The van der Waals surface area contributed by atoms with Gasteiger partial charge in [0.2, 0.25) is 0 Å². The Hall–Kier alpha value is -1.35. The minimum atomic E-state index is 0.159. The summed E-state index contributed by atoms with van der Waals surface area (Å²) >= 11 is 0. The maximum atomic E-state index is 11.9. The Labute approximate surface area is 103 Å². The third-order valence-electron chi connectivity index (χ3n) is 2.53. The second-order valence-corrected chi connectivity index (χ2v) is 4.25. The second kappa shape index (κ2) is 7.07. The lowest BCUT2D eigenvalue weighted by atomic mass is 10.0. The van der Waals surface area contributed by atoms with Crippen molar-refractivity contribution < 1.29 is 9.53 Å². The van der Waals surface area contributed by atoms with E-state index in [9.17, 15) is 4.79 Å². The first-order valence-corrected chi connectivity index (χ1v) is 6.15. The molecular formula is C14H21NO2. The highest BCUT2D eigenvalue weighted by atomic mass is 16.5. The van der Waals surface area contributed by atoms with Crippen LogP contribution in [0.1, 0.15) is 43.5 Å². The van der Waals surface area contributed by atoms with Gasteiger partial charge in [0.05, 0.1) is 6.61 Å². The molecule has 1 rings (SSSR count). The molecule has 0 heterocycles. The van der Waals surface area contributed by atoms with Gasteiger partial charge < -0.3 is 10.5 Å². The fourth-order valence-corrected chi connectivity index (χ4v) is 1.65. The maximum Gasteiger partial charge on any atom is 0.163 e. The van der Waals surface area contributed by atoms with E-state index in [2.05, 4.69) is 0 Å². The van der Waals surface area contributed by atoms with Crippen LogP contribution in [-0.4, -0.2) is 18.4 Å². The van der Waals surface area contributed by atoms with E-state index in [1.807, 2.05) is 32.0 Å². The Kier molecular flexibility index (Phi) is 5.70. The summed E-state index contributed by atoms with van der Waals surface area (Å²) in [5.74, 6) is 0.915. The molecule has 0 aliphatic rings. The lowest BCUT2D eigenvalue weighted by Crippen LogP contribution is -2.14. The maximum absolute atomic E-state index is 11.9. The topological polar surface area (TPSA) is 52.3 Å².